The smallest absolute Gasteiger partial charge is 0.0551 e. The number of fused-ring (bicyclic) bond motifs is 15. The van der Waals surface area contributed by atoms with Gasteiger partial charge in [0.2, 0.25) is 0 Å². The molecule has 6 bridgehead atoms. The Morgan fingerprint density at radius 3 is 1.21 bits per heavy atom. The van der Waals surface area contributed by atoms with E-state index in [1.165, 1.54) is 114 Å². The average Bonchev–Trinajstić information content (AvgIpc) is 3.35. The van der Waals surface area contributed by atoms with E-state index in [9.17, 15) is 0 Å². The van der Waals surface area contributed by atoms with E-state index in [-0.39, 0.29) is 0 Å². The van der Waals surface area contributed by atoms with Gasteiger partial charge in [-0.25, -0.2) is 0 Å². The molecule has 0 N–H and O–H groups in total. The number of hydrogen-bond acceptors (Lipinski definition) is 6. The van der Waals surface area contributed by atoms with Crippen molar-refractivity contribution < 1.29 is 0 Å². The van der Waals surface area contributed by atoms with Gasteiger partial charge in [0.05, 0.1) is 16.9 Å². The van der Waals surface area contributed by atoms with Crippen molar-refractivity contribution in [3.05, 3.63) is 62.2 Å². The Bertz CT molecular complexity index is 861. The Balaban J connectivity index is 1.38. The van der Waals surface area contributed by atoms with E-state index in [1.807, 2.05) is 47.0 Å². The molecular weight excluding hydrogens is 529 g/mol. The van der Waals surface area contributed by atoms with E-state index in [0.717, 1.165) is 0 Å². The van der Waals surface area contributed by atoms with Gasteiger partial charge in [-0.1, -0.05) is 123 Å². The quantitative estimate of drug-likeness (QED) is 0.305. The van der Waals surface area contributed by atoms with Gasteiger partial charge in [-0.05, 0) is 61.5 Å². The normalized spacial score (nSPS) is 23.7. The lowest BCUT2D eigenvalue weighted by atomic mass is 10.1. The lowest BCUT2D eigenvalue weighted by molar-refractivity contribution is 0.564. The standard InChI is InChI=1S/C28H36S6/c1-21-27-29-17-11-9-7-5-3-4-6-8-10-12-18-30-28-22(2)32-26(34-28)20-24-15-13-23(14-16-24)19-25(31-21)33-27/h13-16,19-20H,3-12,17-18H2,1-2H3/b25-19-,26-20?. The van der Waals surface area contributed by atoms with Gasteiger partial charge in [0.25, 0.3) is 0 Å². The number of thioether (sulfide) groups is 6. The van der Waals surface area contributed by atoms with Crippen LogP contribution in [-0.2, 0) is 0 Å². The molecule has 4 heterocycles. The topological polar surface area (TPSA) is 0 Å². The molecule has 5 rings (SSSR count). The molecule has 4 aliphatic rings. The van der Waals surface area contributed by atoms with Gasteiger partial charge in [0, 0.05) is 9.81 Å². The first-order valence-electron chi connectivity index (χ1n) is 12.6. The Morgan fingerprint density at radius 2 is 0.824 bits per heavy atom. The SMILES string of the molecule is CC1=C2SCCCCCCCCCCCCSC3=C(C)S/C(=C/c4ccc(cc4)C=C(S1)S2)S3. The first-order chi connectivity index (χ1) is 16.7. The molecule has 1 aromatic carbocycles. The van der Waals surface area contributed by atoms with Crippen LogP contribution in [0.5, 0.6) is 0 Å². The zero-order valence-corrected chi connectivity index (χ0v) is 25.3. The molecule has 0 atom stereocenters. The minimum absolute atomic E-state index is 1.26. The molecule has 1 aromatic rings. The maximum Gasteiger partial charge on any atom is 0.0551 e. The molecule has 0 nitrogen and oxygen atoms in total. The van der Waals surface area contributed by atoms with Gasteiger partial charge in [0.1, 0.15) is 0 Å². The molecule has 0 spiro atoms. The average molecular weight is 565 g/mol. The van der Waals surface area contributed by atoms with Crippen LogP contribution >= 0.6 is 70.6 Å². The van der Waals surface area contributed by atoms with Crippen molar-refractivity contribution in [3.8, 4) is 0 Å². The third-order valence-electron chi connectivity index (χ3n) is 5.98. The van der Waals surface area contributed by atoms with E-state index < -0.39 is 0 Å². The largest absolute Gasteiger partial charge is 0.118 e. The number of allylic oxidation sites excluding steroid dienone is 2. The molecule has 0 amide bonds. The van der Waals surface area contributed by atoms with Crippen LogP contribution in [0.25, 0.3) is 12.2 Å². The van der Waals surface area contributed by atoms with Crippen molar-refractivity contribution in [2.24, 2.45) is 0 Å². The molecule has 184 valence electrons. The molecule has 6 heteroatoms. The van der Waals surface area contributed by atoms with Crippen LogP contribution in [0.15, 0.2) is 51.0 Å². The van der Waals surface area contributed by atoms with Crippen molar-refractivity contribution in [2.45, 2.75) is 78.1 Å². The summed E-state index contributed by atoms with van der Waals surface area (Å²) < 4.78 is 5.86. The highest BCUT2D eigenvalue weighted by atomic mass is 32.2. The van der Waals surface area contributed by atoms with Gasteiger partial charge >= 0.3 is 0 Å². The van der Waals surface area contributed by atoms with Crippen molar-refractivity contribution in [1.29, 1.82) is 0 Å². The summed E-state index contributed by atoms with van der Waals surface area (Å²) in [5, 5.41) is 0. The van der Waals surface area contributed by atoms with E-state index >= 15 is 0 Å². The predicted octanol–water partition coefficient (Wildman–Crippen LogP) is 12.0. The predicted molar refractivity (Wildman–Crippen MR) is 169 cm³/mol. The van der Waals surface area contributed by atoms with Gasteiger partial charge in [0.15, 0.2) is 0 Å². The molecule has 34 heavy (non-hydrogen) atoms. The fourth-order valence-electron chi connectivity index (χ4n) is 4.04. The zero-order chi connectivity index (χ0) is 23.6. The van der Waals surface area contributed by atoms with E-state index in [0.29, 0.717) is 0 Å². The minimum atomic E-state index is 1.26. The van der Waals surface area contributed by atoms with Crippen LogP contribution in [0.4, 0.5) is 0 Å². The highest BCUT2D eigenvalue weighted by molar-refractivity contribution is 8.36. The third kappa shape index (κ3) is 8.99. The molecule has 0 aliphatic carbocycles. The summed E-state index contributed by atoms with van der Waals surface area (Å²) in [5.74, 6) is 2.53. The maximum atomic E-state index is 2.35. The molecule has 0 saturated heterocycles. The fourth-order valence-corrected chi connectivity index (χ4v) is 12.2. The van der Waals surface area contributed by atoms with Crippen LogP contribution in [0.1, 0.15) is 89.2 Å². The molecule has 0 saturated carbocycles. The summed E-state index contributed by atoms with van der Waals surface area (Å²) in [6.45, 7) is 4.57. The lowest BCUT2D eigenvalue weighted by Crippen LogP contribution is -1.85. The van der Waals surface area contributed by atoms with Gasteiger partial charge in [-0.2, -0.15) is 0 Å². The first-order valence-corrected chi connectivity index (χ1v) is 17.8. The van der Waals surface area contributed by atoms with Gasteiger partial charge in [-0.15, -0.1) is 23.5 Å². The van der Waals surface area contributed by atoms with Crippen LogP contribution in [0.3, 0.4) is 0 Å². The zero-order valence-electron chi connectivity index (χ0n) is 20.4. The lowest BCUT2D eigenvalue weighted by Gasteiger charge is -2.05. The maximum absolute atomic E-state index is 2.35. The second-order valence-electron chi connectivity index (χ2n) is 8.92. The fraction of sp³-hybridized carbons (Fsp3) is 0.500. The Morgan fingerprint density at radius 1 is 0.471 bits per heavy atom. The number of rotatable bonds is 0. The van der Waals surface area contributed by atoms with Crippen molar-refractivity contribution >= 4 is 82.7 Å². The van der Waals surface area contributed by atoms with Gasteiger partial charge < -0.3 is 0 Å². The Hall–Kier alpha value is 0.280. The Kier molecular flexibility index (Phi) is 12.0. The first kappa shape index (κ1) is 27.3. The summed E-state index contributed by atoms with van der Waals surface area (Å²) in [6.07, 6.45) is 18.8. The Labute approximate surface area is 232 Å². The van der Waals surface area contributed by atoms with Crippen LogP contribution in [0, 0.1) is 0 Å². The number of hydrogen-bond donors (Lipinski definition) is 0. The summed E-state index contributed by atoms with van der Waals surface area (Å²) in [5.41, 5.74) is 2.60. The van der Waals surface area contributed by atoms with Crippen LogP contribution < -0.4 is 0 Å². The van der Waals surface area contributed by atoms with Crippen molar-refractivity contribution in [1.82, 2.24) is 0 Å². The molecular formula is C28H36S6. The van der Waals surface area contributed by atoms with Crippen LogP contribution in [-0.4, -0.2) is 11.5 Å². The second-order valence-corrected chi connectivity index (χ2v) is 16.8. The minimum Gasteiger partial charge on any atom is -0.118 e. The van der Waals surface area contributed by atoms with E-state index in [1.54, 1.807) is 0 Å². The highest BCUT2D eigenvalue weighted by Crippen LogP contribution is 2.55. The summed E-state index contributed by atoms with van der Waals surface area (Å²) >= 11 is 12.0. The second kappa shape index (κ2) is 14.9. The summed E-state index contributed by atoms with van der Waals surface area (Å²) in [6, 6.07) is 9.08. The van der Waals surface area contributed by atoms with Gasteiger partial charge in [-0.3, -0.25) is 0 Å². The van der Waals surface area contributed by atoms with Crippen LogP contribution in [0.2, 0.25) is 0 Å². The monoisotopic (exact) mass is 564 g/mol. The molecule has 0 aromatic heterocycles. The molecule has 0 fully saturated rings. The third-order valence-corrected chi connectivity index (χ3v) is 14.1. The number of benzene rings is 1. The molecule has 0 unspecified atom stereocenters. The summed E-state index contributed by atoms with van der Waals surface area (Å²) in [7, 11) is 0. The highest BCUT2D eigenvalue weighted by Gasteiger charge is 2.19. The van der Waals surface area contributed by atoms with Crippen molar-refractivity contribution in [3.63, 3.8) is 0 Å². The van der Waals surface area contributed by atoms with E-state index in [4.69, 9.17) is 0 Å². The molecule has 4 aliphatic heterocycles. The van der Waals surface area contributed by atoms with E-state index in [2.05, 4.69) is 73.8 Å². The summed E-state index contributed by atoms with van der Waals surface area (Å²) in [4.78, 5) is 2.96. The van der Waals surface area contributed by atoms with Crippen molar-refractivity contribution in [2.75, 3.05) is 11.5 Å². The molecule has 0 radical (unpaired) electrons.